The van der Waals surface area contributed by atoms with Crippen LogP contribution in [-0.4, -0.2) is 15.3 Å². The van der Waals surface area contributed by atoms with Crippen molar-refractivity contribution in [1.29, 1.82) is 0 Å². The van der Waals surface area contributed by atoms with Gasteiger partial charge in [-0.1, -0.05) is 23.7 Å². The van der Waals surface area contributed by atoms with Crippen molar-refractivity contribution < 1.29 is 14.3 Å². The van der Waals surface area contributed by atoms with Gasteiger partial charge >= 0.3 is 0 Å². The first-order valence-corrected chi connectivity index (χ1v) is 9.49. The molecule has 0 atom stereocenters. The molecule has 8 nitrogen and oxygen atoms in total. The van der Waals surface area contributed by atoms with E-state index in [0.717, 1.165) is 11.1 Å². The summed E-state index contributed by atoms with van der Waals surface area (Å²) in [4.78, 5) is 33.7. The molecule has 4 heterocycles. The summed E-state index contributed by atoms with van der Waals surface area (Å²) in [5.74, 6) is -0.144. The SMILES string of the molecule is C=CC[n+]1c(N)c(C(=O)NCc2ccc[nH+]c2)cc2c(=O)n3cccc(C)c3nc21. The molecular weight excluding hydrogens is 380 g/mol. The molecule has 1 amide bonds. The number of allylic oxidation sites excluding steroid dienone is 1. The average Bonchev–Trinajstić information content (AvgIpc) is 2.76. The maximum atomic E-state index is 13.2. The van der Waals surface area contributed by atoms with Gasteiger partial charge in [-0.3, -0.25) is 14.0 Å². The van der Waals surface area contributed by atoms with Crippen molar-refractivity contribution in [3.63, 3.8) is 0 Å². The van der Waals surface area contributed by atoms with Gasteiger partial charge in [0.2, 0.25) is 11.5 Å². The van der Waals surface area contributed by atoms with Crippen LogP contribution in [0, 0.1) is 6.92 Å². The Bertz CT molecular complexity index is 1350. The largest absolute Gasteiger partial charge is 0.348 e. The number of aryl methyl sites for hydroxylation is 1. The molecule has 0 saturated heterocycles. The number of nitrogens with one attached hydrogen (secondary N) is 2. The van der Waals surface area contributed by atoms with Crippen LogP contribution in [0.5, 0.6) is 0 Å². The standard InChI is InChI=1S/C22H20N6O2/c1-3-9-27-18(23)16(21(29)25-13-15-7-4-8-24-12-15)11-17-20(27)26-19-14(2)6-5-10-28(19)22(17)30/h3-8,10-12,23H,1,9,13H2,2H3,(H,25,29)/p+2. The highest BCUT2D eigenvalue weighted by atomic mass is 16.1. The number of nitrogen functional groups attached to an aromatic ring is 1. The number of rotatable bonds is 5. The van der Waals surface area contributed by atoms with E-state index in [1.807, 2.05) is 25.1 Å². The van der Waals surface area contributed by atoms with Gasteiger partial charge in [0.15, 0.2) is 12.4 Å². The lowest BCUT2D eigenvalue weighted by molar-refractivity contribution is -0.648. The number of aromatic nitrogens is 4. The fraction of sp³-hybridized carbons (Fsp3) is 0.136. The van der Waals surface area contributed by atoms with Crippen molar-refractivity contribution >= 4 is 28.4 Å². The lowest BCUT2D eigenvalue weighted by Crippen LogP contribution is -2.42. The summed E-state index contributed by atoms with van der Waals surface area (Å²) < 4.78 is 3.12. The first-order chi connectivity index (χ1) is 14.5. The molecule has 8 heteroatoms. The summed E-state index contributed by atoms with van der Waals surface area (Å²) in [6, 6.07) is 8.93. The Morgan fingerprint density at radius 2 is 2.23 bits per heavy atom. The fourth-order valence-electron chi connectivity index (χ4n) is 3.42. The number of anilines is 1. The number of carbonyl (C=O) groups is 1. The number of hydrogen-bond donors (Lipinski definition) is 2. The zero-order valence-electron chi connectivity index (χ0n) is 16.6. The summed E-state index contributed by atoms with van der Waals surface area (Å²) in [5.41, 5.74) is 9.03. The number of pyridine rings is 3. The highest BCUT2D eigenvalue weighted by Gasteiger charge is 2.24. The van der Waals surface area contributed by atoms with Crippen LogP contribution >= 0.6 is 0 Å². The van der Waals surface area contributed by atoms with Crippen LogP contribution in [-0.2, 0) is 13.1 Å². The smallest absolute Gasteiger partial charge is 0.278 e. The molecule has 4 aromatic rings. The normalized spacial score (nSPS) is 11.0. The van der Waals surface area contributed by atoms with E-state index in [9.17, 15) is 9.59 Å². The molecule has 30 heavy (non-hydrogen) atoms. The number of fused-ring (bicyclic) bond motifs is 2. The first kappa shape index (κ1) is 19.3. The molecule has 0 aromatic carbocycles. The van der Waals surface area contributed by atoms with Crippen LogP contribution in [0.4, 0.5) is 5.82 Å². The van der Waals surface area contributed by atoms with Gasteiger partial charge in [0.1, 0.15) is 10.9 Å². The quantitative estimate of drug-likeness (QED) is 0.294. The Labute approximate surface area is 172 Å². The molecule has 0 radical (unpaired) electrons. The van der Waals surface area contributed by atoms with Crippen LogP contribution in [0.25, 0.3) is 16.7 Å². The fourth-order valence-corrected chi connectivity index (χ4v) is 3.42. The third kappa shape index (κ3) is 3.28. The summed E-state index contributed by atoms with van der Waals surface area (Å²) in [5, 5.41) is 3.16. The summed E-state index contributed by atoms with van der Waals surface area (Å²) >= 11 is 0. The molecule has 4 rings (SSSR count). The minimum Gasteiger partial charge on any atom is -0.348 e. The minimum atomic E-state index is -0.371. The minimum absolute atomic E-state index is 0.218. The molecule has 0 bridgehead atoms. The van der Waals surface area contributed by atoms with E-state index < -0.39 is 0 Å². The molecule has 0 aliphatic carbocycles. The molecule has 150 valence electrons. The molecule has 4 aromatic heterocycles. The number of H-pyrrole nitrogens is 1. The van der Waals surface area contributed by atoms with Gasteiger partial charge in [0.05, 0.1) is 6.54 Å². The highest BCUT2D eigenvalue weighted by Crippen LogP contribution is 2.16. The van der Waals surface area contributed by atoms with Gasteiger partial charge in [-0.2, -0.15) is 0 Å². The number of aromatic amines is 1. The maximum Gasteiger partial charge on any atom is 0.278 e. The van der Waals surface area contributed by atoms with E-state index in [1.165, 1.54) is 10.5 Å². The lowest BCUT2D eigenvalue weighted by Gasteiger charge is -2.11. The molecule has 0 aliphatic heterocycles. The third-order valence-electron chi connectivity index (χ3n) is 4.96. The zero-order chi connectivity index (χ0) is 21.3. The number of amides is 1. The van der Waals surface area contributed by atoms with Gasteiger partial charge < -0.3 is 11.1 Å². The summed E-state index contributed by atoms with van der Waals surface area (Å²) in [7, 11) is 0. The predicted molar refractivity (Wildman–Crippen MR) is 113 cm³/mol. The second-order valence-corrected chi connectivity index (χ2v) is 6.98. The van der Waals surface area contributed by atoms with E-state index in [0.29, 0.717) is 29.8 Å². The molecule has 0 aliphatic rings. The van der Waals surface area contributed by atoms with Crippen molar-refractivity contribution in [1.82, 2.24) is 14.7 Å². The first-order valence-electron chi connectivity index (χ1n) is 9.49. The van der Waals surface area contributed by atoms with E-state index in [2.05, 4.69) is 21.9 Å². The lowest BCUT2D eigenvalue weighted by atomic mass is 10.1. The van der Waals surface area contributed by atoms with E-state index in [1.54, 1.807) is 35.3 Å². The second kappa shape index (κ2) is 7.75. The van der Waals surface area contributed by atoms with Crippen molar-refractivity contribution in [2.75, 3.05) is 5.73 Å². The summed E-state index contributed by atoms with van der Waals surface area (Å²) in [6.07, 6.45) is 6.90. The van der Waals surface area contributed by atoms with Crippen LogP contribution in [0.15, 0.2) is 66.4 Å². The van der Waals surface area contributed by atoms with E-state index in [-0.39, 0.29) is 22.8 Å². The van der Waals surface area contributed by atoms with Crippen LogP contribution in [0.1, 0.15) is 21.5 Å². The Morgan fingerprint density at radius 3 is 2.97 bits per heavy atom. The van der Waals surface area contributed by atoms with Crippen LogP contribution in [0.3, 0.4) is 0 Å². The van der Waals surface area contributed by atoms with Gasteiger partial charge in [-0.25, -0.2) is 9.55 Å². The van der Waals surface area contributed by atoms with Gasteiger partial charge in [-0.15, -0.1) is 0 Å². The monoisotopic (exact) mass is 402 g/mol. The predicted octanol–water partition coefficient (Wildman–Crippen LogP) is 0.956. The van der Waals surface area contributed by atoms with E-state index in [4.69, 9.17) is 5.73 Å². The van der Waals surface area contributed by atoms with Gasteiger partial charge in [0, 0.05) is 29.9 Å². The van der Waals surface area contributed by atoms with E-state index >= 15 is 0 Å². The highest BCUT2D eigenvalue weighted by molar-refractivity contribution is 6.00. The molecule has 0 fully saturated rings. The molecular formula is C22H22N6O2+2. The Kier molecular flexibility index (Phi) is 4.97. The Balaban J connectivity index is 1.88. The average molecular weight is 402 g/mol. The molecule has 0 saturated carbocycles. The Hall–Kier alpha value is -4.07. The van der Waals surface area contributed by atoms with Gasteiger partial charge in [0.25, 0.3) is 17.1 Å². The Morgan fingerprint density at radius 1 is 1.40 bits per heavy atom. The topological polar surface area (TPSA) is 108 Å². The van der Waals surface area contributed by atoms with Crippen LogP contribution < -0.4 is 26.2 Å². The van der Waals surface area contributed by atoms with Crippen molar-refractivity contribution in [2.24, 2.45) is 0 Å². The second-order valence-electron chi connectivity index (χ2n) is 6.98. The van der Waals surface area contributed by atoms with Crippen molar-refractivity contribution in [3.05, 3.63) is 88.6 Å². The third-order valence-corrected chi connectivity index (χ3v) is 4.96. The van der Waals surface area contributed by atoms with Crippen LogP contribution in [0.2, 0.25) is 0 Å². The molecule has 0 spiro atoms. The van der Waals surface area contributed by atoms with Crippen molar-refractivity contribution in [3.8, 4) is 0 Å². The zero-order valence-corrected chi connectivity index (χ0v) is 16.6. The number of nitrogens with zero attached hydrogens (tertiary/aromatic N) is 3. The van der Waals surface area contributed by atoms with Gasteiger partial charge in [-0.05, 0) is 25.1 Å². The molecule has 0 unspecified atom stereocenters. The molecule has 4 N–H and O–H groups in total. The van der Waals surface area contributed by atoms with Crippen molar-refractivity contribution in [2.45, 2.75) is 20.0 Å². The number of carbonyl (C=O) groups excluding carboxylic acids is 1. The number of hydrogen-bond acceptors (Lipinski definition) is 4. The number of nitrogens with two attached hydrogens (primary N) is 1. The summed E-state index contributed by atoms with van der Waals surface area (Å²) in [6.45, 7) is 6.29. The maximum absolute atomic E-state index is 13.2.